The molecule has 0 aliphatic heterocycles. The fourth-order valence-electron chi connectivity index (χ4n) is 2.52. The highest BCUT2D eigenvalue weighted by Gasteiger charge is 2.18. The molecule has 1 heterocycles. The standard InChI is InChI=1S/C16H16O/c1-11-7-3-4-8-13(11)16-12(2)14-9-5-6-10-15(14)17-16/h3-4,6-8,10H,5,9H2,1-2H3. The van der Waals surface area contributed by atoms with Gasteiger partial charge in [-0.3, -0.25) is 0 Å². The van der Waals surface area contributed by atoms with Gasteiger partial charge in [-0.2, -0.15) is 0 Å². The van der Waals surface area contributed by atoms with E-state index >= 15 is 0 Å². The predicted octanol–water partition coefficient (Wildman–Crippen LogP) is 4.52. The van der Waals surface area contributed by atoms with Crippen molar-refractivity contribution >= 4 is 6.08 Å². The molecule has 0 unspecified atom stereocenters. The van der Waals surface area contributed by atoms with E-state index in [-0.39, 0.29) is 0 Å². The van der Waals surface area contributed by atoms with Gasteiger partial charge < -0.3 is 4.42 Å². The number of aryl methyl sites for hydroxylation is 1. The van der Waals surface area contributed by atoms with Gasteiger partial charge in [0, 0.05) is 11.1 Å². The zero-order chi connectivity index (χ0) is 11.8. The van der Waals surface area contributed by atoms with Crippen LogP contribution in [0.5, 0.6) is 0 Å². The van der Waals surface area contributed by atoms with E-state index in [0.717, 1.165) is 24.4 Å². The van der Waals surface area contributed by atoms with E-state index in [4.69, 9.17) is 4.42 Å². The molecule has 17 heavy (non-hydrogen) atoms. The molecule has 0 saturated carbocycles. The van der Waals surface area contributed by atoms with Gasteiger partial charge in [-0.15, -0.1) is 0 Å². The van der Waals surface area contributed by atoms with Gasteiger partial charge in [-0.25, -0.2) is 0 Å². The summed E-state index contributed by atoms with van der Waals surface area (Å²) in [4.78, 5) is 0. The third-order valence-corrected chi connectivity index (χ3v) is 3.52. The quantitative estimate of drug-likeness (QED) is 0.694. The van der Waals surface area contributed by atoms with Gasteiger partial charge in [0.25, 0.3) is 0 Å². The van der Waals surface area contributed by atoms with E-state index in [1.807, 2.05) is 0 Å². The lowest BCUT2D eigenvalue weighted by Gasteiger charge is -2.04. The Morgan fingerprint density at radius 2 is 1.94 bits per heavy atom. The van der Waals surface area contributed by atoms with Gasteiger partial charge in [0.1, 0.15) is 11.5 Å². The van der Waals surface area contributed by atoms with Crippen molar-refractivity contribution in [1.29, 1.82) is 0 Å². The van der Waals surface area contributed by atoms with E-state index in [1.165, 1.54) is 22.3 Å². The summed E-state index contributed by atoms with van der Waals surface area (Å²) in [5, 5.41) is 0. The maximum absolute atomic E-state index is 6.02. The van der Waals surface area contributed by atoms with Crippen LogP contribution in [0.2, 0.25) is 0 Å². The van der Waals surface area contributed by atoms with Crippen molar-refractivity contribution in [1.82, 2.24) is 0 Å². The molecule has 1 heteroatoms. The normalized spacial score (nSPS) is 13.8. The lowest BCUT2D eigenvalue weighted by molar-refractivity contribution is 0.564. The Bertz CT molecular complexity index is 588. The van der Waals surface area contributed by atoms with Gasteiger partial charge in [0.15, 0.2) is 0 Å². The maximum Gasteiger partial charge on any atom is 0.138 e. The molecule has 1 aromatic carbocycles. The van der Waals surface area contributed by atoms with Crippen LogP contribution in [0, 0.1) is 13.8 Å². The second-order valence-electron chi connectivity index (χ2n) is 4.65. The van der Waals surface area contributed by atoms with Gasteiger partial charge in [0.05, 0.1) is 0 Å². The second-order valence-corrected chi connectivity index (χ2v) is 4.65. The first-order valence-electron chi connectivity index (χ1n) is 6.12. The lowest BCUT2D eigenvalue weighted by atomic mass is 9.97. The van der Waals surface area contributed by atoms with E-state index in [0.29, 0.717) is 0 Å². The minimum atomic E-state index is 1.04. The molecule has 0 spiro atoms. The zero-order valence-electron chi connectivity index (χ0n) is 10.3. The highest BCUT2D eigenvalue weighted by molar-refractivity contribution is 5.70. The van der Waals surface area contributed by atoms with Gasteiger partial charge in [-0.05, 0) is 43.9 Å². The van der Waals surface area contributed by atoms with Crippen LogP contribution in [-0.4, -0.2) is 0 Å². The molecular formula is C16H16O. The number of benzene rings is 1. The van der Waals surface area contributed by atoms with Crippen LogP contribution in [-0.2, 0) is 6.42 Å². The zero-order valence-corrected chi connectivity index (χ0v) is 10.3. The first-order chi connectivity index (χ1) is 8.27. The predicted molar refractivity (Wildman–Crippen MR) is 71.0 cm³/mol. The van der Waals surface area contributed by atoms with Crippen molar-refractivity contribution in [2.75, 3.05) is 0 Å². The van der Waals surface area contributed by atoms with Crippen molar-refractivity contribution in [2.45, 2.75) is 26.7 Å². The monoisotopic (exact) mass is 224 g/mol. The van der Waals surface area contributed by atoms with Crippen LogP contribution < -0.4 is 0 Å². The van der Waals surface area contributed by atoms with Crippen LogP contribution in [0.3, 0.4) is 0 Å². The molecule has 3 rings (SSSR count). The number of rotatable bonds is 1. The maximum atomic E-state index is 6.02. The molecule has 1 aliphatic rings. The Kier molecular flexibility index (Phi) is 2.40. The Balaban J connectivity index is 2.20. The highest BCUT2D eigenvalue weighted by atomic mass is 16.3. The summed E-state index contributed by atoms with van der Waals surface area (Å²) in [7, 11) is 0. The number of hydrogen-bond acceptors (Lipinski definition) is 1. The fourth-order valence-corrected chi connectivity index (χ4v) is 2.52. The molecule has 0 atom stereocenters. The molecule has 86 valence electrons. The van der Waals surface area contributed by atoms with Crippen molar-refractivity contribution in [3.8, 4) is 11.3 Å². The summed E-state index contributed by atoms with van der Waals surface area (Å²) in [6, 6.07) is 8.40. The fraction of sp³-hybridized carbons (Fsp3) is 0.250. The second kappa shape index (κ2) is 3.92. The van der Waals surface area contributed by atoms with Crippen LogP contribution in [0.25, 0.3) is 17.4 Å². The number of hydrogen-bond donors (Lipinski definition) is 0. The van der Waals surface area contributed by atoms with Crippen LogP contribution >= 0.6 is 0 Å². The number of furan rings is 1. The Hall–Kier alpha value is -1.76. The molecule has 1 nitrogen and oxygen atoms in total. The number of fused-ring (bicyclic) bond motifs is 1. The molecule has 0 N–H and O–H groups in total. The Morgan fingerprint density at radius 1 is 1.12 bits per heavy atom. The molecule has 2 aromatic rings. The van der Waals surface area contributed by atoms with Crippen molar-refractivity contribution < 1.29 is 4.42 Å². The minimum absolute atomic E-state index is 1.04. The van der Waals surface area contributed by atoms with Crippen LogP contribution in [0.15, 0.2) is 34.8 Å². The number of allylic oxidation sites excluding steroid dienone is 1. The molecular weight excluding hydrogens is 208 g/mol. The van der Waals surface area contributed by atoms with E-state index < -0.39 is 0 Å². The average molecular weight is 224 g/mol. The molecule has 0 bridgehead atoms. The summed E-state index contributed by atoms with van der Waals surface area (Å²) in [6.07, 6.45) is 6.52. The molecule has 1 aromatic heterocycles. The Labute approximate surface area is 102 Å². The molecule has 0 fully saturated rings. The molecule has 0 saturated heterocycles. The third-order valence-electron chi connectivity index (χ3n) is 3.52. The largest absolute Gasteiger partial charge is 0.456 e. The van der Waals surface area contributed by atoms with E-state index in [1.54, 1.807) is 0 Å². The first-order valence-corrected chi connectivity index (χ1v) is 6.12. The summed E-state index contributed by atoms with van der Waals surface area (Å²) in [6.45, 7) is 4.30. The average Bonchev–Trinajstić information content (AvgIpc) is 2.68. The molecule has 0 amide bonds. The third kappa shape index (κ3) is 1.62. The summed E-state index contributed by atoms with van der Waals surface area (Å²) >= 11 is 0. The smallest absolute Gasteiger partial charge is 0.138 e. The van der Waals surface area contributed by atoms with Crippen molar-refractivity contribution in [2.24, 2.45) is 0 Å². The summed E-state index contributed by atoms with van der Waals surface area (Å²) < 4.78 is 6.02. The van der Waals surface area contributed by atoms with Gasteiger partial charge in [0.2, 0.25) is 0 Å². The Morgan fingerprint density at radius 3 is 2.71 bits per heavy atom. The van der Waals surface area contributed by atoms with E-state index in [9.17, 15) is 0 Å². The minimum Gasteiger partial charge on any atom is -0.456 e. The summed E-state index contributed by atoms with van der Waals surface area (Å²) in [5.74, 6) is 2.09. The van der Waals surface area contributed by atoms with Crippen molar-refractivity contribution in [3.05, 3.63) is 52.8 Å². The van der Waals surface area contributed by atoms with Gasteiger partial charge >= 0.3 is 0 Å². The SMILES string of the molecule is Cc1ccccc1-c1oc2c(c1C)CCC=C2. The topological polar surface area (TPSA) is 13.1 Å². The van der Waals surface area contributed by atoms with Gasteiger partial charge in [-0.1, -0.05) is 30.3 Å². The molecule has 0 radical (unpaired) electrons. The summed E-state index contributed by atoms with van der Waals surface area (Å²) in [5.41, 5.74) is 5.17. The lowest BCUT2D eigenvalue weighted by Crippen LogP contribution is -1.91. The van der Waals surface area contributed by atoms with Crippen LogP contribution in [0.4, 0.5) is 0 Å². The first kappa shape index (κ1) is 10.4. The highest BCUT2D eigenvalue weighted by Crippen LogP contribution is 2.35. The molecule has 1 aliphatic carbocycles. The van der Waals surface area contributed by atoms with E-state index in [2.05, 4.69) is 50.3 Å². The van der Waals surface area contributed by atoms with Crippen molar-refractivity contribution in [3.63, 3.8) is 0 Å². The van der Waals surface area contributed by atoms with Crippen LogP contribution in [0.1, 0.15) is 28.9 Å².